The molecular weight excluding hydrogens is 548 g/mol. The molecule has 0 aromatic rings. The van der Waals surface area contributed by atoms with Crippen LogP contribution >= 0.6 is 0 Å². The summed E-state index contributed by atoms with van der Waals surface area (Å²) in [5.41, 5.74) is -1.65. The maximum absolute atomic E-state index is 12.0. The van der Waals surface area contributed by atoms with E-state index in [4.69, 9.17) is 18.9 Å². The molecule has 8 nitrogen and oxygen atoms in total. The lowest BCUT2D eigenvalue weighted by Gasteiger charge is -2.21. The maximum Gasteiger partial charge on any atom is 0.344 e. The molecule has 2 saturated carbocycles. The van der Waals surface area contributed by atoms with Crippen molar-refractivity contribution in [2.75, 3.05) is 13.2 Å². The zero-order valence-electron chi connectivity index (χ0n) is 28.7. The van der Waals surface area contributed by atoms with Gasteiger partial charge >= 0.3 is 23.9 Å². The number of hydrogen-bond donors (Lipinski definition) is 0. The molecule has 0 aromatic carbocycles. The van der Waals surface area contributed by atoms with Gasteiger partial charge in [-0.05, 0) is 86.0 Å². The van der Waals surface area contributed by atoms with Crippen LogP contribution < -0.4 is 0 Å². The molecule has 2 aliphatic carbocycles. The Bertz CT molecular complexity index is 867. The first-order valence-corrected chi connectivity index (χ1v) is 16.9. The van der Waals surface area contributed by atoms with Crippen molar-refractivity contribution in [1.29, 1.82) is 0 Å². The molecule has 0 radical (unpaired) electrons. The second-order valence-electron chi connectivity index (χ2n) is 14.1. The van der Waals surface area contributed by atoms with E-state index < -0.39 is 22.8 Å². The molecule has 0 atom stereocenters. The molecule has 0 aromatic heterocycles. The van der Waals surface area contributed by atoms with Gasteiger partial charge in [0.15, 0.2) is 13.2 Å². The van der Waals surface area contributed by atoms with Crippen LogP contribution in [0.3, 0.4) is 0 Å². The van der Waals surface area contributed by atoms with Gasteiger partial charge in [-0.2, -0.15) is 0 Å². The van der Waals surface area contributed by atoms with Gasteiger partial charge in [0, 0.05) is 0 Å². The van der Waals surface area contributed by atoms with Crippen LogP contribution in [0.15, 0.2) is 0 Å². The molecule has 0 spiro atoms. The van der Waals surface area contributed by atoms with Crippen molar-refractivity contribution in [2.24, 2.45) is 10.8 Å². The number of hydrogen-bond acceptors (Lipinski definition) is 8. The Kier molecular flexibility index (Phi) is 16.9. The van der Waals surface area contributed by atoms with E-state index >= 15 is 0 Å². The van der Waals surface area contributed by atoms with E-state index in [1.54, 1.807) is 13.8 Å². The van der Waals surface area contributed by atoms with Gasteiger partial charge in [0.25, 0.3) is 0 Å². The van der Waals surface area contributed by atoms with Crippen LogP contribution in [0.1, 0.15) is 165 Å². The molecule has 2 aliphatic rings. The molecule has 0 N–H and O–H groups in total. The lowest BCUT2D eigenvalue weighted by molar-refractivity contribution is -0.168. The van der Waals surface area contributed by atoms with E-state index in [0.717, 1.165) is 38.5 Å². The van der Waals surface area contributed by atoms with E-state index in [-0.39, 0.29) is 36.4 Å². The summed E-state index contributed by atoms with van der Waals surface area (Å²) in [6, 6.07) is 0. The summed E-state index contributed by atoms with van der Waals surface area (Å²) in [7, 11) is 0. The number of carbonyl (C=O) groups is 4. The summed E-state index contributed by atoms with van der Waals surface area (Å²) in [6.07, 6.45) is 19.1. The molecule has 0 unspecified atom stereocenters. The summed E-state index contributed by atoms with van der Waals surface area (Å²) in [6.45, 7) is 14.7. The van der Waals surface area contributed by atoms with Gasteiger partial charge in [0.2, 0.25) is 0 Å². The minimum Gasteiger partial charge on any atom is -0.457 e. The third kappa shape index (κ3) is 16.5. The standard InChI is InChI=1S/C23H42O4.C12H20O4/c1-5-7-8-9-10-11-12-13-14-15-16-23(17-18-23)27-20(24)19-26-21(25)22(3,4)6-2;1-5-11(2,3)10(14)15-8-9(13)16-12(4)6-7-12/h5-19H2,1-4H3;5-8H2,1-4H3. The van der Waals surface area contributed by atoms with Crippen LogP contribution in [-0.2, 0) is 38.1 Å². The quantitative estimate of drug-likeness (QED) is 0.0724. The number of esters is 4. The SMILES string of the molecule is CCC(C)(C)C(=O)OCC(=O)OC1(C)CC1.CCCCCCCCCCCCC1(OC(=O)COC(=O)C(C)(C)CC)CC1. The van der Waals surface area contributed by atoms with E-state index in [1.807, 2.05) is 34.6 Å². The second kappa shape index (κ2) is 18.6. The van der Waals surface area contributed by atoms with Crippen LogP contribution in [0.25, 0.3) is 0 Å². The zero-order valence-corrected chi connectivity index (χ0v) is 28.7. The number of unbranched alkanes of at least 4 members (excludes halogenated alkanes) is 9. The average Bonchev–Trinajstić information content (AvgIpc) is 3.89. The Hall–Kier alpha value is -2.12. The first-order chi connectivity index (χ1) is 20.1. The first-order valence-electron chi connectivity index (χ1n) is 16.9. The highest BCUT2D eigenvalue weighted by atomic mass is 16.6. The Morgan fingerprint density at radius 2 is 0.977 bits per heavy atom. The smallest absolute Gasteiger partial charge is 0.344 e. The van der Waals surface area contributed by atoms with Crippen LogP contribution in [0.5, 0.6) is 0 Å². The average molecular weight is 611 g/mol. The lowest BCUT2D eigenvalue weighted by atomic mass is 9.91. The van der Waals surface area contributed by atoms with Crippen LogP contribution in [-0.4, -0.2) is 48.3 Å². The highest BCUT2D eigenvalue weighted by Gasteiger charge is 2.46. The predicted molar refractivity (Wildman–Crippen MR) is 168 cm³/mol. The van der Waals surface area contributed by atoms with Gasteiger partial charge in [-0.3, -0.25) is 9.59 Å². The summed E-state index contributed by atoms with van der Waals surface area (Å²) >= 11 is 0. The summed E-state index contributed by atoms with van der Waals surface area (Å²) < 4.78 is 20.8. The van der Waals surface area contributed by atoms with Crippen molar-refractivity contribution >= 4 is 23.9 Å². The molecule has 0 amide bonds. The molecule has 250 valence electrons. The summed E-state index contributed by atoms with van der Waals surface area (Å²) in [5.74, 6) is -1.55. The van der Waals surface area contributed by atoms with E-state index in [9.17, 15) is 19.2 Å². The van der Waals surface area contributed by atoms with Crippen molar-refractivity contribution in [3.63, 3.8) is 0 Å². The molecule has 0 saturated heterocycles. The van der Waals surface area contributed by atoms with Crippen LogP contribution in [0.4, 0.5) is 0 Å². The Morgan fingerprint density at radius 1 is 0.581 bits per heavy atom. The van der Waals surface area contributed by atoms with Crippen LogP contribution in [0.2, 0.25) is 0 Å². The number of rotatable bonds is 21. The molecule has 8 heteroatoms. The molecule has 2 rings (SSSR count). The predicted octanol–water partition coefficient (Wildman–Crippen LogP) is 8.41. The highest BCUT2D eigenvalue weighted by molar-refractivity contribution is 5.80. The van der Waals surface area contributed by atoms with Gasteiger partial charge < -0.3 is 18.9 Å². The molecule has 43 heavy (non-hydrogen) atoms. The van der Waals surface area contributed by atoms with Gasteiger partial charge in [0.05, 0.1) is 10.8 Å². The minimum atomic E-state index is -0.548. The summed E-state index contributed by atoms with van der Waals surface area (Å²) in [4.78, 5) is 46.8. The third-order valence-electron chi connectivity index (χ3n) is 8.95. The van der Waals surface area contributed by atoms with Crippen molar-refractivity contribution in [3.8, 4) is 0 Å². The second-order valence-corrected chi connectivity index (χ2v) is 14.1. The topological polar surface area (TPSA) is 105 Å². The fourth-order valence-corrected chi connectivity index (χ4v) is 4.26. The Balaban J connectivity index is 0.000000490. The summed E-state index contributed by atoms with van der Waals surface area (Å²) in [5, 5.41) is 0. The van der Waals surface area contributed by atoms with Gasteiger partial charge in [-0.15, -0.1) is 0 Å². The van der Waals surface area contributed by atoms with Crippen molar-refractivity contribution < 1.29 is 38.1 Å². The third-order valence-corrected chi connectivity index (χ3v) is 8.95. The van der Waals surface area contributed by atoms with Crippen molar-refractivity contribution in [3.05, 3.63) is 0 Å². The molecule has 0 aliphatic heterocycles. The first kappa shape index (κ1) is 38.9. The molecule has 0 bridgehead atoms. The minimum absolute atomic E-state index is 0.260. The Labute approximate surface area is 261 Å². The monoisotopic (exact) mass is 610 g/mol. The maximum atomic E-state index is 12.0. The van der Waals surface area contributed by atoms with E-state index in [0.29, 0.717) is 12.8 Å². The number of carbonyl (C=O) groups excluding carboxylic acids is 4. The van der Waals surface area contributed by atoms with Gasteiger partial charge in [0.1, 0.15) is 11.2 Å². The fourth-order valence-electron chi connectivity index (χ4n) is 4.26. The lowest BCUT2D eigenvalue weighted by Crippen LogP contribution is -2.30. The molecular formula is C35H62O8. The normalized spacial score (nSPS) is 16.3. The molecule has 0 heterocycles. The largest absolute Gasteiger partial charge is 0.457 e. The van der Waals surface area contributed by atoms with Crippen LogP contribution in [0, 0.1) is 10.8 Å². The van der Waals surface area contributed by atoms with Gasteiger partial charge in [-0.1, -0.05) is 78.6 Å². The Morgan fingerprint density at radius 3 is 1.35 bits per heavy atom. The number of ether oxygens (including phenoxy) is 4. The highest BCUT2D eigenvalue weighted by Crippen LogP contribution is 2.44. The van der Waals surface area contributed by atoms with Crippen molar-refractivity contribution in [1.82, 2.24) is 0 Å². The molecule has 2 fully saturated rings. The zero-order chi connectivity index (χ0) is 32.6. The fraction of sp³-hybridized carbons (Fsp3) is 0.886. The van der Waals surface area contributed by atoms with Gasteiger partial charge in [-0.25, -0.2) is 9.59 Å². The van der Waals surface area contributed by atoms with E-state index in [2.05, 4.69) is 6.92 Å². The van der Waals surface area contributed by atoms with E-state index in [1.165, 1.54) is 57.8 Å². The van der Waals surface area contributed by atoms with Crippen molar-refractivity contribution in [2.45, 2.75) is 176 Å².